The summed E-state index contributed by atoms with van der Waals surface area (Å²) in [6.07, 6.45) is 1.76. The van der Waals surface area contributed by atoms with Crippen LogP contribution in [0.15, 0.2) is 23.1 Å². The van der Waals surface area contributed by atoms with Crippen molar-refractivity contribution in [3.05, 3.63) is 23.8 Å². The molecule has 0 aromatic heterocycles. The highest BCUT2D eigenvalue weighted by molar-refractivity contribution is 7.89. The van der Waals surface area contributed by atoms with E-state index in [4.69, 9.17) is 11.0 Å². The van der Waals surface area contributed by atoms with Crippen molar-refractivity contribution in [2.45, 2.75) is 36.6 Å². The van der Waals surface area contributed by atoms with Gasteiger partial charge in [0, 0.05) is 17.8 Å². The summed E-state index contributed by atoms with van der Waals surface area (Å²) in [6, 6.07) is 5.92. The largest absolute Gasteiger partial charge is 0.398 e. The van der Waals surface area contributed by atoms with E-state index < -0.39 is 21.5 Å². The normalized spacial score (nSPS) is 15.8. The first-order valence-corrected chi connectivity index (χ1v) is 8.34. The number of nitrogens with two attached hydrogens (primary N) is 1. The number of hydrogen-bond acceptors (Lipinski definition) is 5. The van der Waals surface area contributed by atoms with E-state index in [-0.39, 0.29) is 29.1 Å². The summed E-state index contributed by atoms with van der Waals surface area (Å²) in [5.74, 6) is -0.498. The van der Waals surface area contributed by atoms with Gasteiger partial charge < -0.3 is 11.1 Å². The number of sulfonamides is 1. The number of carbonyl (C=O) groups is 1. The molecule has 4 N–H and O–H groups in total. The zero-order valence-electron chi connectivity index (χ0n) is 12.2. The topological polar surface area (TPSA) is 125 Å². The van der Waals surface area contributed by atoms with Crippen LogP contribution in [0.3, 0.4) is 0 Å². The van der Waals surface area contributed by atoms with Crippen LogP contribution in [0.5, 0.6) is 0 Å². The van der Waals surface area contributed by atoms with Crippen molar-refractivity contribution in [2.24, 2.45) is 0 Å². The third-order valence-electron chi connectivity index (χ3n) is 3.48. The highest BCUT2D eigenvalue weighted by atomic mass is 32.2. The molecule has 118 valence electrons. The highest BCUT2D eigenvalue weighted by Crippen LogP contribution is 2.36. The molecule has 1 aromatic carbocycles. The van der Waals surface area contributed by atoms with Gasteiger partial charge in [0.1, 0.15) is 0 Å². The number of nitrogens with one attached hydrogen (secondary N) is 2. The van der Waals surface area contributed by atoms with E-state index in [1.807, 2.05) is 13.0 Å². The fourth-order valence-electron chi connectivity index (χ4n) is 1.90. The molecule has 0 bridgehead atoms. The van der Waals surface area contributed by atoms with Gasteiger partial charge in [0.25, 0.3) is 5.91 Å². The van der Waals surface area contributed by atoms with Crippen molar-refractivity contribution in [3.8, 4) is 6.07 Å². The predicted molar refractivity (Wildman–Crippen MR) is 81.4 cm³/mol. The van der Waals surface area contributed by atoms with Crippen molar-refractivity contribution in [2.75, 3.05) is 12.3 Å². The Hall–Kier alpha value is -2.11. The van der Waals surface area contributed by atoms with Crippen LogP contribution in [-0.4, -0.2) is 26.4 Å². The molecule has 1 aromatic rings. The molecular weight excluding hydrogens is 304 g/mol. The number of benzene rings is 1. The second kappa shape index (κ2) is 5.94. The van der Waals surface area contributed by atoms with Gasteiger partial charge in [0.05, 0.1) is 22.9 Å². The molecular formula is C14H18N4O3S. The smallest absolute Gasteiger partial charge is 0.253 e. The van der Waals surface area contributed by atoms with Crippen molar-refractivity contribution in [1.82, 2.24) is 10.0 Å². The van der Waals surface area contributed by atoms with Crippen LogP contribution >= 0.6 is 0 Å². The molecule has 0 saturated heterocycles. The Morgan fingerprint density at radius 3 is 2.73 bits per heavy atom. The molecule has 8 heteroatoms. The number of amides is 1. The monoisotopic (exact) mass is 322 g/mol. The van der Waals surface area contributed by atoms with Gasteiger partial charge in [-0.1, -0.05) is 0 Å². The van der Waals surface area contributed by atoms with Gasteiger partial charge in [0.15, 0.2) is 0 Å². The Kier molecular flexibility index (Phi) is 4.39. The van der Waals surface area contributed by atoms with E-state index in [0.29, 0.717) is 0 Å². The quantitative estimate of drug-likeness (QED) is 0.526. The molecule has 0 unspecified atom stereocenters. The first-order valence-electron chi connectivity index (χ1n) is 6.86. The average molecular weight is 322 g/mol. The fraction of sp³-hybridized carbons (Fsp3) is 0.429. The van der Waals surface area contributed by atoms with Gasteiger partial charge in [-0.2, -0.15) is 5.26 Å². The van der Waals surface area contributed by atoms with E-state index >= 15 is 0 Å². The Balaban J connectivity index is 2.23. The number of nitriles is 1. The number of hydrogen-bond donors (Lipinski definition) is 3. The number of rotatable bonds is 6. The first kappa shape index (κ1) is 16.3. The van der Waals surface area contributed by atoms with E-state index in [2.05, 4.69) is 10.0 Å². The van der Waals surface area contributed by atoms with Gasteiger partial charge in [-0.25, -0.2) is 13.1 Å². The summed E-state index contributed by atoms with van der Waals surface area (Å²) in [7, 11) is -3.69. The van der Waals surface area contributed by atoms with Crippen molar-refractivity contribution >= 4 is 21.6 Å². The minimum absolute atomic E-state index is 0.000239. The molecule has 1 aliphatic carbocycles. The summed E-state index contributed by atoms with van der Waals surface area (Å²) in [4.78, 5) is 12.0. The van der Waals surface area contributed by atoms with Crippen LogP contribution in [0.2, 0.25) is 0 Å². The van der Waals surface area contributed by atoms with Crippen LogP contribution in [0.25, 0.3) is 0 Å². The molecule has 1 amide bonds. The molecule has 0 heterocycles. The number of nitrogens with zero attached hydrogens (tertiary/aromatic N) is 1. The van der Waals surface area contributed by atoms with Crippen LogP contribution in [0, 0.1) is 11.3 Å². The lowest BCUT2D eigenvalue weighted by Crippen LogP contribution is -2.34. The molecule has 1 aliphatic rings. The van der Waals surface area contributed by atoms with Gasteiger partial charge in [-0.05, 0) is 38.0 Å². The third kappa shape index (κ3) is 3.75. The van der Waals surface area contributed by atoms with Crippen LogP contribution in [0.1, 0.15) is 36.5 Å². The van der Waals surface area contributed by atoms with Crippen molar-refractivity contribution in [1.29, 1.82) is 5.26 Å². The Morgan fingerprint density at radius 2 is 2.14 bits per heavy atom. The van der Waals surface area contributed by atoms with Crippen LogP contribution in [-0.2, 0) is 10.0 Å². The molecule has 1 saturated carbocycles. The third-order valence-corrected chi connectivity index (χ3v) is 5.12. The van der Waals surface area contributed by atoms with E-state index in [1.54, 1.807) is 0 Å². The lowest BCUT2D eigenvalue weighted by Gasteiger charge is -2.14. The molecule has 0 radical (unpaired) electrons. The predicted octanol–water partition coefficient (Wildman–Crippen LogP) is 0.743. The maximum absolute atomic E-state index is 12.3. The molecule has 22 heavy (non-hydrogen) atoms. The number of carbonyl (C=O) groups excluding carboxylic acids is 1. The van der Waals surface area contributed by atoms with E-state index in [0.717, 1.165) is 12.8 Å². The van der Waals surface area contributed by atoms with Crippen LogP contribution < -0.4 is 15.8 Å². The highest BCUT2D eigenvalue weighted by Gasteiger charge is 2.41. The minimum Gasteiger partial charge on any atom is -0.398 e. The average Bonchev–Trinajstić information content (AvgIpc) is 3.15. The zero-order valence-corrected chi connectivity index (χ0v) is 13.0. The SMILES string of the molecule is CC1(NS(=O)(=O)c2ccc(N)c(C(=O)NCCC#N)c2)CC1. The lowest BCUT2D eigenvalue weighted by molar-refractivity contribution is 0.0955. The first-order chi connectivity index (χ1) is 10.3. The summed E-state index contributed by atoms with van der Waals surface area (Å²) in [6.45, 7) is 2.01. The standard InChI is InChI=1S/C14H18N4O3S/c1-14(5-6-14)18-22(20,21)10-3-4-12(16)11(9-10)13(19)17-8-2-7-15/h3-4,9,18H,2,5-6,8,16H2,1H3,(H,17,19). The van der Waals surface area contributed by atoms with Gasteiger partial charge >= 0.3 is 0 Å². The second-order valence-electron chi connectivity index (χ2n) is 5.58. The van der Waals surface area contributed by atoms with Gasteiger partial charge in [-0.3, -0.25) is 4.79 Å². The maximum atomic E-state index is 12.3. The molecule has 0 spiro atoms. The Morgan fingerprint density at radius 1 is 1.45 bits per heavy atom. The molecule has 2 rings (SSSR count). The summed E-state index contributed by atoms with van der Waals surface area (Å²) in [5.41, 5.74) is 5.61. The van der Waals surface area contributed by atoms with Crippen molar-refractivity contribution in [3.63, 3.8) is 0 Å². The summed E-state index contributed by atoms with van der Waals surface area (Å²) < 4.78 is 27.2. The second-order valence-corrected chi connectivity index (χ2v) is 7.26. The zero-order chi connectivity index (χ0) is 16.4. The number of nitrogen functional groups attached to an aromatic ring is 1. The molecule has 1 fully saturated rings. The van der Waals surface area contributed by atoms with E-state index in [1.165, 1.54) is 18.2 Å². The van der Waals surface area contributed by atoms with Crippen LogP contribution in [0.4, 0.5) is 5.69 Å². The minimum atomic E-state index is -3.69. The summed E-state index contributed by atoms with van der Waals surface area (Å²) in [5, 5.41) is 11.0. The fourth-order valence-corrected chi connectivity index (χ4v) is 3.39. The number of anilines is 1. The summed E-state index contributed by atoms with van der Waals surface area (Å²) >= 11 is 0. The lowest BCUT2D eigenvalue weighted by atomic mass is 10.1. The molecule has 7 nitrogen and oxygen atoms in total. The van der Waals surface area contributed by atoms with Crippen molar-refractivity contribution < 1.29 is 13.2 Å². The van der Waals surface area contributed by atoms with Gasteiger partial charge in [0.2, 0.25) is 10.0 Å². The maximum Gasteiger partial charge on any atom is 0.253 e. The molecule has 0 atom stereocenters. The Labute approximate surface area is 129 Å². The Bertz CT molecular complexity index is 733. The molecule has 0 aliphatic heterocycles. The van der Waals surface area contributed by atoms with E-state index in [9.17, 15) is 13.2 Å². The van der Waals surface area contributed by atoms with Gasteiger partial charge in [-0.15, -0.1) is 0 Å².